The van der Waals surface area contributed by atoms with Gasteiger partial charge in [-0.15, -0.1) is 24.0 Å². The Hall–Kier alpha value is -0.300. The molecule has 1 heterocycles. The zero-order valence-corrected chi connectivity index (χ0v) is 10.5. The monoisotopic (exact) mass is 309 g/mol. The van der Waals surface area contributed by atoms with Gasteiger partial charge in [0.2, 0.25) is 0 Å². The van der Waals surface area contributed by atoms with Crippen LogP contribution in [0.5, 0.6) is 0 Å². The maximum absolute atomic E-state index is 5.59. The highest BCUT2D eigenvalue weighted by atomic mass is 127. The summed E-state index contributed by atoms with van der Waals surface area (Å²) >= 11 is 1.51. The summed E-state index contributed by atoms with van der Waals surface area (Å²) in [6.45, 7) is 2.03. The number of aromatic nitrogens is 1. The molecule has 3 nitrogen and oxygen atoms in total. The van der Waals surface area contributed by atoms with Crippen molar-refractivity contribution in [1.29, 1.82) is 0 Å². The van der Waals surface area contributed by atoms with Crippen molar-refractivity contribution >= 4 is 46.7 Å². The van der Waals surface area contributed by atoms with Crippen molar-refractivity contribution in [2.75, 3.05) is 5.75 Å². The fourth-order valence-electron chi connectivity index (χ4n) is 0.713. The Morgan fingerprint density at radius 1 is 1.62 bits per heavy atom. The predicted molar refractivity (Wildman–Crippen MR) is 69.1 cm³/mol. The van der Waals surface area contributed by atoms with Crippen molar-refractivity contribution in [3.8, 4) is 0 Å². The second-order valence-electron chi connectivity index (χ2n) is 2.07. The zero-order chi connectivity index (χ0) is 8.81. The zero-order valence-electron chi connectivity index (χ0n) is 7.30. The Labute approximate surface area is 99.2 Å². The minimum Gasteiger partial charge on any atom is -0.378 e. The molecule has 1 rings (SSSR count). The molecular formula is C8H12IN3S. The van der Waals surface area contributed by atoms with Gasteiger partial charge in [0.05, 0.1) is 0 Å². The minimum absolute atomic E-state index is 0. The van der Waals surface area contributed by atoms with E-state index in [1.165, 1.54) is 11.8 Å². The summed E-state index contributed by atoms with van der Waals surface area (Å²) in [6.07, 6.45) is 1.70. The van der Waals surface area contributed by atoms with Gasteiger partial charge in [-0.05, 0) is 17.9 Å². The Morgan fingerprint density at radius 3 is 2.92 bits per heavy atom. The number of aliphatic imine (C=N–C) groups is 1. The number of hydrogen-bond acceptors (Lipinski definition) is 3. The number of halogens is 1. The average molecular weight is 309 g/mol. The summed E-state index contributed by atoms with van der Waals surface area (Å²) < 4.78 is 0. The number of nitrogens with two attached hydrogens (primary N) is 1. The Balaban J connectivity index is 0.00000144. The molecule has 0 bridgehead atoms. The SMILES string of the molecule is CCSC(N)=Nc1ccccn1.I. The largest absolute Gasteiger partial charge is 0.378 e. The van der Waals surface area contributed by atoms with Gasteiger partial charge in [-0.3, -0.25) is 0 Å². The van der Waals surface area contributed by atoms with Crippen molar-refractivity contribution in [3.63, 3.8) is 0 Å². The van der Waals surface area contributed by atoms with Crippen molar-refractivity contribution in [1.82, 2.24) is 4.98 Å². The summed E-state index contributed by atoms with van der Waals surface area (Å²) in [5.41, 5.74) is 5.59. The molecule has 1 aromatic rings. The lowest BCUT2D eigenvalue weighted by atomic mass is 10.5. The first-order chi connectivity index (χ1) is 5.83. The highest BCUT2D eigenvalue weighted by molar-refractivity contribution is 14.0. The van der Waals surface area contributed by atoms with Gasteiger partial charge in [-0.2, -0.15) is 0 Å². The molecule has 0 saturated carbocycles. The first kappa shape index (κ1) is 12.7. The van der Waals surface area contributed by atoms with Crippen LogP contribution in [0.15, 0.2) is 29.4 Å². The number of rotatable bonds is 2. The third-order valence-corrected chi connectivity index (χ3v) is 1.84. The lowest BCUT2D eigenvalue weighted by Crippen LogP contribution is -2.05. The van der Waals surface area contributed by atoms with Gasteiger partial charge in [0.15, 0.2) is 11.0 Å². The summed E-state index contributed by atoms with van der Waals surface area (Å²) in [5, 5.41) is 0.566. The van der Waals surface area contributed by atoms with Crippen LogP contribution >= 0.6 is 35.7 Å². The van der Waals surface area contributed by atoms with E-state index in [0.29, 0.717) is 11.0 Å². The van der Waals surface area contributed by atoms with Gasteiger partial charge in [-0.25, -0.2) is 9.98 Å². The van der Waals surface area contributed by atoms with E-state index in [2.05, 4.69) is 9.98 Å². The normalized spacial score (nSPS) is 10.7. The molecule has 2 N–H and O–H groups in total. The third-order valence-electron chi connectivity index (χ3n) is 1.17. The molecular weight excluding hydrogens is 297 g/mol. The molecule has 0 fully saturated rings. The number of pyridine rings is 1. The molecule has 0 aliphatic rings. The van der Waals surface area contributed by atoms with E-state index in [-0.39, 0.29) is 24.0 Å². The number of hydrogen-bond donors (Lipinski definition) is 1. The highest BCUT2D eigenvalue weighted by Gasteiger charge is 1.91. The molecule has 0 atom stereocenters. The summed E-state index contributed by atoms with van der Waals surface area (Å²) in [6, 6.07) is 5.56. The van der Waals surface area contributed by atoms with Gasteiger partial charge >= 0.3 is 0 Å². The van der Waals surface area contributed by atoms with Gasteiger partial charge < -0.3 is 5.73 Å². The number of nitrogens with zero attached hydrogens (tertiary/aromatic N) is 2. The van der Waals surface area contributed by atoms with E-state index in [1.807, 2.05) is 25.1 Å². The van der Waals surface area contributed by atoms with Crippen LogP contribution in [0.4, 0.5) is 5.82 Å². The number of amidine groups is 1. The summed E-state index contributed by atoms with van der Waals surface area (Å²) in [5.74, 6) is 1.60. The molecule has 72 valence electrons. The van der Waals surface area contributed by atoms with E-state index in [1.54, 1.807) is 6.20 Å². The Morgan fingerprint density at radius 2 is 2.38 bits per heavy atom. The third kappa shape index (κ3) is 5.09. The van der Waals surface area contributed by atoms with Gasteiger partial charge in [0.25, 0.3) is 0 Å². The molecule has 0 saturated heterocycles. The lowest BCUT2D eigenvalue weighted by Gasteiger charge is -1.95. The van der Waals surface area contributed by atoms with Crippen LogP contribution < -0.4 is 5.73 Å². The molecule has 0 unspecified atom stereocenters. The van der Waals surface area contributed by atoms with Crippen LogP contribution in [0.25, 0.3) is 0 Å². The first-order valence-corrected chi connectivity index (χ1v) is 4.69. The van der Waals surface area contributed by atoms with Crippen LogP contribution in [0, 0.1) is 0 Å². The van der Waals surface area contributed by atoms with E-state index in [0.717, 1.165) is 5.75 Å². The number of thioether (sulfide) groups is 1. The molecule has 0 aliphatic heterocycles. The van der Waals surface area contributed by atoms with Crippen molar-refractivity contribution in [2.24, 2.45) is 10.7 Å². The van der Waals surface area contributed by atoms with E-state index >= 15 is 0 Å². The summed E-state index contributed by atoms with van der Waals surface area (Å²) in [4.78, 5) is 8.12. The van der Waals surface area contributed by atoms with Gasteiger partial charge in [0.1, 0.15) is 0 Å². The summed E-state index contributed by atoms with van der Waals surface area (Å²) in [7, 11) is 0. The standard InChI is InChI=1S/C8H11N3S.HI/c1-2-12-8(9)11-7-5-3-4-6-10-7;/h3-6H,2H2,1H3,(H2,9,10,11);1H. The van der Waals surface area contributed by atoms with Crippen LogP contribution in [-0.2, 0) is 0 Å². The molecule has 0 radical (unpaired) electrons. The van der Waals surface area contributed by atoms with Gasteiger partial charge in [-0.1, -0.05) is 24.8 Å². The molecule has 0 amide bonds. The minimum atomic E-state index is 0. The fourth-order valence-corrected chi connectivity index (χ4v) is 1.17. The van der Waals surface area contributed by atoms with Crippen LogP contribution in [-0.4, -0.2) is 15.9 Å². The molecule has 5 heteroatoms. The second kappa shape index (κ2) is 7.14. The van der Waals surface area contributed by atoms with E-state index in [9.17, 15) is 0 Å². The van der Waals surface area contributed by atoms with Crippen LogP contribution in [0.2, 0.25) is 0 Å². The van der Waals surface area contributed by atoms with Crippen molar-refractivity contribution in [3.05, 3.63) is 24.4 Å². The van der Waals surface area contributed by atoms with Crippen molar-refractivity contribution < 1.29 is 0 Å². The highest BCUT2D eigenvalue weighted by Crippen LogP contribution is 2.08. The Bertz CT molecular complexity index is 263. The molecule has 13 heavy (non-hydrogen) atoms. The smallest absolute Gasteiger partial charge is 0.160 e. The van der Waals surface area contributed by atoms with Crippen LogP contribution in [0.3, 0.4) is 0 Å². The topological polar surface area (TPSA) is 51.3 Å². The molecule has 0 aromatic carbocycles. The lowest BCUT2D eigenvalue weighted by molar-refractivity contribution is 1.27. The second-order valence-corrected chi connectivity index (χ2v) is 3.36. The fraction of sp³-hybridized carbons (Fsp3) is 0.250. The van der Waals surface area contributed by atoms with Crippen molar-refractivity contribution in [2.45, 2.75) is 6.92 Å². The predicted octanol–water partition coefficient (Wildman–Crippen LogP) is 2.40. The molecule has 0 spiro atoms. The quantitative estimate of drug-likeness (QED) is 0.518. The molecule has 0 aliphatic carbocycles. The average Bonchev–Trinajstić information content (AvgIpc) is 2.06. The van der Waals surface area contributed by atoms with E-state index < -0.39 is 0 Å². The van der Waals surface area contributed by atoms with Crippen LogP contribution in [0.1, 0.15) is 6.92 Å². The van der Waals surface area contributed by atoms with Gasteiger partial charge in [0, 0.05) is 6.20 Å². The maximum atomic E-state index is 5.59. The Kier molecular flexibility index (Phi) is 6.97. The maximum Gasteiger partial charge on any atom is 0.160 e. The first-order valence-electron chi connectivity index (χ1n) is 3.71. The van der Waals surface area contributed by atoms with E-state index in [4.69, 9.17) is 5.73 Å². The molecule has 1 aromatic heterocycles.